The maximum absolute atomic E-state index is 11.7. The summed E-state index contributed by atoms with van der Waals surface area (Å²) in [4.78, 5) is 44.5. The molecule has 0 aromatic heterocycles. The Hall–Kier alpha value is -11.8. The van der Waals surface area contributed by atoms with Crippen molar-refractivity contribution >= 4 is 23.9 Å². The lowest BCUT2D eigenvalue weighted by atomic mass is 10.1. The molecular weight excluding hydrogens is 817 g/mol. The van der Waals surface area contributed by atoms with Crippen LogP contribution in [0.2, 0.25) is 0 Å². The van der Waals surface area contributed by atoms with Crippen LogP contribution in [-0.4, -0.2) is 59.0 Å². The van der Waals surface area contributed by atoms with E-state index < -0.39 is 35.7 Å². The van der Waals surface area contributed by atoms with Gasteiger partial charge in [-0.05, 0) is 210 Å². The number of carbonyl (C=O) groups excluding carboxylic acids is 2. The summed E-state index contributed by atoms with van der Waals surface area (Å²) in [7, 11) is 0. The van der Waals surface area contributed by atoms with Crippen LogP contribution in [0, 0.1) is 273 Å². The second kappa shape index (κ2) is 48.3. The molecule has 0 amide bonds. The molecule has 0 aromatic rings. The van der Waals surface area contributed by atoms with Gasteiger partial charge in [-0.15, -0.1) is 12.8 Å². The third-order valence-corrected chi connectivity index (χ3v) is 4.37. The van der Waals surface area contributed by atoms with Gasteiger partial charge in [0.1, 0.15) is 0 Å². The lowest BCUT2D eigenvalue weighted by Gasteiger charge is -2.08. The van der Waals surface area contributed by atoms with Gasteiger partial charge in [0.15, 0.2) is 0 Å². The predicted molar refractivity (Wildman–Crippen MR) is 334 cm³/mol. The average Bonchev–Trinajstić information content (AvgIpc) is 3.27. The maximum atomic E-state index is 11.7. The van der Waals surface area contributed by atoms with E-state index in [1.54, 1.807) is 20.8 Å². The summed E-state index contributed by atoms with van der Waals surface area (Å²) < 4.78 is 9.56. The summed E-state index contributed by atoms with van der Waals surface area (Å²) in [6.45, 7) is 5.39. The monoisotopic (exact) mass is 927 g/mol. The van der Waals surface area contributed by atoms with Crippen LogP contribution in [0.4, 0.5) is 0 Å². The fourth-order valence-corrected chi connectivity index (χ4v) is 2.25. The Bertz CT molecular complexity index is 3340. The van der Waals surface area contributed by atoms with Gasteiger partial charge in [-0.25, -0.2) is 0 Å². The van der Waals surface area contributed by atoms with Gasteiger partial charge < -0.3 is 24.8 Å². The minimum absolute atomic E-state index is 0. The van der Waals surface area contributed by atoms with Crippen LogP contribution in [0.1, 0.15) is 83.5 Å². The number of hydrogen-bond acceptors (Lipinski definition) is 7. The average molecular weight is 927 g/mol. The first-order valence-electron chi connectivity index (χ1n) is 17.0. The van der Waals surface area contributed by atoms with Crippen LogP contribution < -0.4 is 0 Å². The number of esters is 2. The van der Waals surface area contributed by atoms with E-state index in [4.69, 9.17) is 37.6 Å². The van der Waals surface area contributed by atoms with Gasteiger partial charge in [0.2, 0.25) is 11.8 Å². The van der Waals surface area contributed by atoms with Crippen molar-refractivity contribution in [2.24, 2.45) is 11.8 Å². The Morgan fingerprint density at radius 3 is 0.708 bits per heavy atom. The smallest absolute Gasteiger partial charge is 0.332 e. The predicted octanol–water partition coefficient (Wildman–Crippen LogP) is 10.7. The second-order valence-electron chi connectivity index (χ2n) is 8.69. The summed E-state index contributed by atoms with van der Waals surface area (Å²) in [5, 5.41) is 24.7. The van der Waals surface area contributed by atoms with Crippen LogP contribution in [0.15, 0.2) is 0 Å². The molecule has 3 N–H and O–H groups in total. The van der Waals surface area contributed by atoms with E-state index >= 15 is 0 Å². The molecule has 0 rings (SSSR count). The van der Waals surface area contributed by atoms with Gasteiger partial charge in [-0.1, -0.05) is 11.8 Å². The highest BCUT2D eigenvalue weighted by Gasteiger charge is 2.27. The molecule has 0 bridgehead atoms. The first-order valence-corrected chi connectivity index (χ1v) is 17.0. The van der Waals surface area contributed by atoms with Gasteiger partial charge in [-0.2, -0.15) is 0 Å². The third kappa shape index (κ3) is 44.7. The minimum Gasteiger partial charge on any atom is -0.480 e. The number of aliphatic hydroxyl groups is 1. The first-order chi connectivity index (χ1) is 31.7. The fourth-order valence-electron chi connectivity index (χ4n) is 2.25. The standard InChI is InChI=1S/C29H12O4.C25H4O4.C2H6O.44H2/c1-4-7-8-9-10-11-12-13-14-15-16-17-18-19-20-21-22-23-24-25-26-27(28(30)32-5-2)29(31)33-6-3;1-2-3-4-5-6-7-8-9-10-11-12-13-14-15-16-17-18-19-20-21-22-23(24(26)27)25(28)29;1-2-3;;;;;;;;;;;;;;;;;;;;;;;;;;;;;;;;;;;;;;;;;;;;/h1,27H,5-6H2,2-3H3;1,23H,(H,26,27)(H,28,29);3H,2H2,1H3;44*1H. The molecule has 9 heteroatoms. The zero-order chi connectivity index (χ0) is 48.7. The third-order valence-electron chi connectivity index (χ3n) is 4.37. The number of carboxylic acids is 2. The molecule has 0 saturated carbocycles. The van der Waals surface area contributed by atoms with Crippen molar-refractivity contribution in [1.82, 2.24) is 0 Å². The summed E-state index contributed by atoms with van der Waals surface area (Å²) in [6.07, 6.45) is 9.82. The number of aliphatic carboxylic acids is 2. The summed E-state index contributed by atoms with van der Waals surface area (Å²) in [5.41, 5.74) is 0. The SMILES string of the molecule is C#CC#CC#CC#CC#CC#CC#CC#CC#CC#CC#CC(C(=O)O)C(=O)O.C#CC#CC#CC#CC#CC#CC#CC#CC#CC#CC#CC(C(=O)OCC)C(=O)OCC.CCO.[HH].[HH].[HH].[HH].[HH].[HH].[HH].[HH].[HH].[HH].[HH].[HH].[HH].[HH].[HH].[HH].[HH].[HH].[HH].[HH].[HH].[HH].[HH].[HH].[HH].[HH].[HH].[HH].[HH].[HH].[HH].[HH].[HH].[HH].[HH].[HH].[HH].[HH].[HH].[HH].[HH].[HH].[HH].[HH]. The van der Waals surface area contributed by atoms with Gasteiger partial charge in [0.25, 0.3) is 0 Å². The quantitative estimate of drug-likeness (QED) is 0.135. The molecule has 0 fully saturated rings. The van der Waals surface area contributed by atoms with Crippen LogP contribution >= 0.6 is 0 Å². The van der Waals surface area contributed by atoms with Crippen molar-refractivity contribution in [1.29, 1.82) is 0 Å². The molecule has 0 atom stereocenters. The van der Waals surface area contributed by atoms with Crippen LogP contribution in [0.25, 0.3) is 0 Å². The largest absolute Gasteiger partial charge is 0.480 e. The Balaban J connectivity index is -0.0000000109. The first kappa shape index (κ1) is 57.5. The number of terminal acetylenes is 2. The Labute approximate surface area is 445 Å². The van der Waals surface area contributed by atoms with Crippen LogP contribution in [0.5, 0.6) is 0 Å². The molecule has 0 aromatic carbocycles. The van der Waals surface area contributed by atoms with Crippen LogP contribution in [0.3, 0.4) is 0 Å². The Morgan fingerprint density at radius 1 is 0.369 bits per heavy atom. The van der Waals surface area contributed by atoms with Crippen molar-refractivity contribution in [2.75, 3.05) is 19.8 Å². The van der Waals surface area contributed by atoms with Crippen LogP contribution in [-0.2, 0) is 28.7 Å². The number of hydrogen-bond donors (Lipinski definition) is 3. The summed E-state index contributed by atoms with van der Waals surface area (Å²) in [5.74, 6) is 91.8. The number of carboxylic acid groups (broad SMARTS) is 2. The van der Waals surface area contributed by atoms with Crippen molar-refractivity contribution in [2.45, 2.75) is 20.8 Å². The van der Waals surface area contributed by atoms with Gasteiger partial charge in [0.05, 0.1) is 13.2 Å². The zero-order valence-electron chi connectivity index (χ0n) is 34.2. The number of ether oxygens (including phenoxy) is 2. The van der Waals surface area contributed by atoms with Gasteiger partial charge in [-0.3, -0.25) is 19.2 Å². The van der Waals surface area contributed by atoms with Gasteiger partial charge >= 0.3 is 23.9 Å². The van der Waals surface area contributed by atoms with Crippen molar-refractivity contribution < 1.29 is 107 Å². The molecule has 0 aliphatic rings. The molecule has 388 valence electrons. The minimum atomic E-state index is -1.84. The summed E-state index contributed by atoms with van der Waals surface area (Å²) >= 11 is 0. The number of carbonyl (C=O) groups is 4. The molecule has 0 aliphatic carbocycles. The molecule has 9 nitrogen and oxygen atoms in total. The van der Waals surface area contributed by atoms with E-state index in [9.17, 15) is 19.2 Å². The second-order valence-corrected chi connectivity index (χ2v) is 8.69. The Kier molecular flexibility index (Phi) is 42.7. The Morgan fingerprint density at radius 2 is 0.538 bits per heavy atom. The lowest BCUT2D eigenvalue weighted by Crippen LogP contribution is -2.26. The van der Waals surface area contributed by atoms with Crippen molar-refractivity contribution in [3.05, 3.63) is 0 Å². The van der Waals surface area contributed by atoms with E-state index in [-0.39, 0.29) is 82.6 Å². The molecule has 65 heavy (non-hydrogen) atoms. The number of rotatable bonds is 6. The number of aliphatic hydroxyl groups excluding tert-OH is 1. The molecule has 0 heterocycles. The lowest BCUT2D eigenvalue weighted by molar-refractivity contribution is -0.158. The molecular formula is C56H110O9. The topological polar surface area (TPSA) is 147 Å². The molecule has 0 radical (unpaired) electrons. The van der Waals surface area contributed by atoms with E-state index in [2.05, 4.69) is 243 Å². The molecule has 0 aliphatic heterocycles. The van der Waals surface area contributed by atoms with E-state index in [1.165, 1.54) is 0 Å². The van der Waals surface area contributed by atoms with E-state index in [0.717, 1.165) is 0 Å². The zero-order valence-corrected chi connectivity index (χ0v) is 34.2. The molecule has 0 spiro atoms. The summed E-state index contributed by atoms with van der Waals surface area (Å²) in [6, 6.07) is 0. The van der Waals surface area contributed by atoms with E-state index in [1.807, 2.05) is 5.92 Å². The molecule has 0 saturated heterocycles. The maximum Gasteiger partial charge on any atom is 0.332 e. The highest BCUT2D eigenvalue weighted by Crippen LogP contribution is 2.02. The highest BCUT2D eigenvalue weighted by atomic mass is 16.6. The van der Waals surface area contributed by atoms with E-state index in [0.29, 0.717) is 0 Å². The van der Waals surface area contributed by atoms with Gasteiger partial charge in [0, 0.05) is 117 Å². The normalized spacial score (nSPS) is 5.72. The highest BCUT2D eigenvalue weighted by molar-refractivity contribution is 5.98. The van der Waals surface area contributed by atoms with Crippen molar-refractivity contribution in [3.63, 3.8) is 0 Å². The molecule has 0 unspecified atom stereocenters. The van der Waals surface area contributed by atoms with Crippen molar-refractivity contribution in [3.8, 4) is 262 Å². The fraction of sp³-hybridized carbons (Fsp3) is 0.143.